The van der Waals surface area contributed by atoms with Crippen LogP contribution in [-0.4, -0.2) is 30.0 Å². The lowest BCUT2D eigenvalue weighted by molar-refractivity contribution is -0.112. The predicted molar refractivity (Wildman–Crippen MR) is 181 cm³/mol. The fraction of sp³-hybridized carbons (Fsp3) is 0.0811. The number of hydrogen-bond donors (Lipinski definition) is 4. The number of ketones is 1. The second-order valence-corrected chi connectivity index (χ2v) is 10.3. The minimum Gasteiger partial charge on any atom is -0.378 e. The van der Waals surface area contributed by atoms with Gasteiger partial charge in [-0.1, -0.05) is 60.7 Å². The van der Waals surface area contributed by atoms with Crippen molar-refractivity contribution in [1.29, 1.82) is 0 Å². The summed E-state index contributed by atoms with van der Waals surface area (Å²) in [5.74, 6) is -0.925. The Morgan fingerprint density at radius 2 is 1.11 bits per heavy atom. The van der Waals surface area contributed by atoms with Gasteiger partial charge in [0.2, 0.25) is 0 Å². The van der Waals surface area contributed by atoms with Crippen molar-refractivity contribution < 1.29 is 20.6 Å². The molecule has 0 saturated carbocycles. The van der Waals surface area contributed by atoms with Gasteiger partial charge in [-0.25, -0.2) is 0 Å². The Labute approximate surface area is 263 Å². The van der Waals surface area contributed by atoms with E-state index in [2.05, 4.69) is 21.3 Å². The van der Waals surface area contributed by atoms with Crippen LogP contribution in [0.25, 0.3) is 0 Å². The van der Waals surface area contributed by atoms with E-state index in [4.69, 9.17) is 0 Å². The van der Waals surface area contributed by atoms with Gasteiger partial charge >= 0.3 is 0 Å². The number of nitrogens with one attached hydrogen (secondary N) is 4. The van der Waals surface area contributed by atoms with Crippen molar-refractivity contribution in [2.75, 3.05) is 27.8 Å². The Hall–Kier alpha value is -6.02. The molecule has 1 aliphatic rings. The molecule has 4 aromatic carbocycles. The van der Waals surface area contributed by atoms with Gasteiger partial charge in [0.1, 0.15) is 0 Å². The summed E-state index contributed by atoms with van der Waals surface area (Å²) in [5, 5.41) is 11.6. The number of carbonyl (C=O) groups excluding carboxylic acids is 4. The molecule has 0 bridgehead atoms. The number of allylic oxidation sites excluding steroid dienone is 5. The predicted octanol–water partition coefficient (Wildman–Crippen LogP) is 7.50. The van der Waals surface area contributed by atoms with E-state index in [0.29, 0.717) is 51.4 Å². The maximum atomic E-state index is 12.9. The van der Waals surface area contributed by atoms with Crippen LogP contribution >= 0.6 is 0 Å². The third-order valence-corrected chi connectivity index (χ3v) is 6.98. The lowest BCUT2D eigenvalue weighted by atomic mass is 10.1. The highest BCUT2D eigenvalue weighted by atomic mass is 16.2. The van der Waals surface area contributed by atoms with Crippen LogP contribution in [0.2, 0.25) is 0 Å². The van der Waals surface area contributed by atoms with E-state index >= 15 is 0 Å². The number of carbonyl (C=O) groups is 4. The molecule has 0 spiro atoms. The van der Waals surface area contributed by atoms with Crippen molar-refractivity contribution in [2.24, 2.45) is 0 Å². The van der Waals surface area contributed by atoms with Crippen molar-refractivity contribution in [3.8, 4) is 0 Å². The molecule has 0 fully saturated rings. The van der Waals surface area contributed by atoms with Gasteiger partial charge in [-0.15, -0.1) is 0 Å². The Morgan fingerprint density at radius 3 is 1.78 bits per heavy atom. The summed E-state index contributed by atoms with van der Waals surface area (Å²) in [6.07, 6.45) is 11.1. The molecule has 0 aliphatic heterocycles. The second-order valence-electron chi connectivity index (χ2n) is 10.3. The molecule has 4 N–H and O–H groups in total. The fourth-order valence-electron chi connectivity index (χ4n) is 4.52. The number of rotatable bonds is 10. The molecule has 45 heavy (non-hydrogen) atoms. The number of hydrogen-bond acceptors (Lipinski definition) is 5. The highest BCUT2D eigenvalue weighted by Crippen LogP contribution is 2.18. The maximum Gasteiger partial charge on any atom is 0.255 e. The van der Waals surface area contributed by atoms with Gasteiger partial charge in [0.25, 0.3) is 17.7 Å². The third-order valence-electron chi connectivity index (χ3n) is 6.98. The quantitative estimate of drug-likeness (QED) is 0.111. The smallest absolute Gasteiger partial charge is 0.255 e. The molecule has 8 heteroatoms. The van der Waals surface area contributed by atoms with E-state index in [1.807, 2.05) is 36.4 Å². The average molecular weight is 599 g/mol. The van der Waals surface area contributed by atoms with E-state index in [1.54, 1.807) is 97.1 Å². The Kier molecular flexibility index (Phi) is 10.1. The monoisotopic (exact) mass is 598 g/mol. The van der Waals surface area contributed by atoms with Crippen LogP contribution in [0.1, 0.15) is 45.3 Å². The lowest BCUT2D eigenvalue weighted by Crippen LogP contribution is -2.16. The molecule has 5 rings (SSSR count). The SMILES string of the molecule is O=C(Nc1ccc(NC(=O)c2cccc(C(=O)CNc3ccc(NC(=O)c4ccccc4)cc3)c2)cc1)/C1=C/C=C\C/C=C\C1.[HH]. The maximum absolute atomic E-state index is 12.9. The van der Waals surface area contributed by atoms with E-state index < -0.39 is 0 Å². The summed E-state index contributed by atoms with van der Waals surface area (Å²) in [5.41, 5.74) is 4.47. The van der Waals surface area contributed by atoms with Crippen LogP contribution in [-0.2, 0) is 4.79 Å². The number of benzene rings is 4. The summed E-state index contributed by atoms with van der Waals surface area (Å²) in [7, 11) is 0. The zero-order valence-corrected chi connectivity index (χ0v) is 24.5. The van der Waals surface area contributed by atoms with E-state index in [0.717, 1.165) is 6.42 Å². The van der Waals surface area contributed by atoms with Crippen LogP contribution in [0.4, 0.5) is 22.7 Å². The largest absolute Gasteiger partial charge is 0.378 e. The van der Waals surface area contributed by atoms with Gasteiger partial charge in [0.05, 0.1) is 6.54 Å². The standard InChI is InChI=1S/C37H32N4O4.H2/c42-34(25-38-30-16-18-31(19-17-30)39-36(44)27-12-7-4-8-13-27)28-14-9-15-29(24-28)37(45)41-33-22-20-32(21-23-33)40-35(43)26-10-5-2-1-3-6-11-26;/h2-10,12-24,38H,1,11,25H2,(H,39,44)(H,40,43)(H,41,45);1H/b5-2-,6-3-,26-10+;. The molecule has 3 amide bonds. The molecule has 0 radical (unpaired) electrons. The molecular formula is C37H34N4O4. The van der Waals surface area contributed by atoms with Crippen LogP contribution < -0.4 is 21.3 Å². The van der Waals surface area contributed by atoms with Crippen LogP contribution in [0, 0.1) is 0 Å². The fourth-order valence-corrected chi connectivity index (χ4v) is 4.52. The van der Waals surface area contributed by atoms with Crippen LogP contribution in [0.5, 0.6) is 0 Å². The van der Waals surface area contributed by atoms with E-state index in [9.17, 15) is 19.2 Å². The van der Waals surface area contributed by atoms with Crippen molar-refractivity contribution >= 4 is 46.3 Å². The zero-order valence-electron chi connectivity index (χ0n) is 24.5. The molecule has 0 saturated heterocycles. The molecule has 226 valence electrons. The van der Waals surface area contributed by atoms with Crippen molar-refractivity contribution in [1.82, 2.24) is 0 Å². The van der Waals surface area contributed by atoms with Crippen LogP contribution in [0.15, 0.2) is 139 Å². The summed E-state index contributed by atoms with van der Waals surface area (Å²) < 4.78 is 0. The molecule has 1 aliphatic carbocycles. The van der Waals surface area contributed by atoms with Gasteiger partial charge in [-0.05, 0) is 85.6 Å². The van der Waals surface area contributed by atoms with Gasteiger partial charge in [-0.2, -0.15) is 0 Å². The van der Waals surface area contributed by atoms with Gasteiger partial charge < -0.3 is 21.3 Å². The number of Topliss-reactive ketones (excluding diaryl/α,β-unsaturated/α-hetero) is 1. The highest BCUT2D eigenvalue weighted by molar-refractivity contribution is 6.08. The van der Waals surface area contributed by atoms with E-state index in [-0.39, 0.29) is 31.5 Å². The molecule has 4 aromatic rings. The lowest BCUT2D eigenvalue weighted by Gasteiger charge is -2.11. The van der Waals surface area contributed by atoms with Gasteiger partial charge in [-0.3, -0.25) is 19.2 Å². The number of anilines is 4. The summed E-state index contributed by atoms with van der Waals surface area (Å²) in [4.78, 5) is 50.8. The van der Waals surface area contributed by atoms with Crippen molar-refractivity contribution in [3.05, 3.63) is 156 Å². The van der Waals surface area contributed by atoms with E-state index in [1.165, 1.54) is 0 Å². The summed E-state index contributed by atoms with van der Waals surface area (Å²) in [6, 6.07) is 29.4. The Bertz CT molecular complexity index is 1780. The van der Waals surface area contributed by atoms with Crippen molar-refractivity contribution in [2.45, 2.75) is 12.8 Å². The molecule has 0 aromatic heterocycles. The first kappa shape index (κ1) is 30.4. The molecule has 0 unspecified atom stereocenters. The molecule has 0 atom stereocenters. The topological polar surface area (TPSA) is 116 Å². The van der Waals surface area contributed by atoms with Crippen molar-refractivity contribution in [3.63, 3.8) is 0 Å². The Morgan fingerprint density at radius 1 is 0.556 bits per heavy atom. The first-order valence-corrected chi connectivity index (χ1v) is 14.5. The first-order valence-electron chi connectivity index (χ1n) is 14.5. The number of amides is 3. The molecule has 8 nitrogen and oxygen atoms in total. The zero-order chi connectivity index (χ0) is 31.4. The van der Waals surface area contributed by atoms with Gasteiger partial charge in [0, 0.05) is 46.4 Å². The van der Waals surface area contributed by atoms with Gasteiger partial charge in [0.15, 0.2) is 5.78 Å². The summed E-state index contributed by atoms with van der Waals surface area (Å²) >= 11 is 0. The third kappa shape index (κ3) is 8.75. The second kappa shape index (κ2) is 14.9. The normalized spacial score (nSPS) is 14.8. The first-order chi connectivity index (χ1) is 21.9. The molecule has 0 heterocycles. The average Bonchev–Trinajstić information content (AvgIpc) is 3.05. The minimum atomic E-state index is -0.360. The molecular weight excluding hydrogens is 564 g/mol. The highest BCUT2D eigenvalue weighted by Gasteiger charge is 2.13. The van der Waals surface area contributed by atoms with Crippen LogP contribution in [0.3, 0.4) is 0 Å². The minimum absolute atomic E-state index is 0. The Balaban J connectivity index is 0.00000480. The summed E-state index contributed by atoms with van der Waals surface area (Å²) in [6.45, 7) is 0.0253.